The van der Waals surface area contributed by atoms with Crippen molar-refractivity contribution in [2.45, 2.75) is 32.5 Å². The topological polar surface area (TPSA) is 63.4 Å². The normalized spacial score (nSPS) is 20.8. The van der Waals surface area contributed by atoms with Gasteiger partial charge < -0.3 is 15.8 Å². The zero-order valence-corrected chi connectivity index (χ0v) is 11.9. The number of ether oxygens (including phenoxy) is 1. The minimum absolute atomic E-state index is 0.437. The summed E-state index contributed by atoms with van der Waals surface area (Å²) in [5.41, 5.74) is 5.62. The maximum absolute atomic E-state index is 5.62. The Kier molecular flexibility index (Phi) is 4.94. The number of hydrogen-bond acceptors (Lipinski definition) is 6. The molecule has 1 aliphatic rings. The number of nitrogens with one attached hydrogen (secondary N) is 1. The van der Waals surface area contributed by atoms with Crippen molar-refractivity contribution in [1.82, 2.24) is 15.2 Å². The van der Waals surface area contributed by atoms with Gasteiger partial charge in [-0.15, -0.1) is 11.3 Å². The van der Waals surface area contributed by atoms with Crippen LogP contribution < -0.4 is 11.1 Å². The first-order valence-corrected chi connectivity index (χ1v) is 7.24. The van der Waals surface area contributed by atoms with Gasteiger partial charge in [-0.3, -0.25) is 4.90 Å². The number of hydrogen-bond donors (Lipinski definition) is 2. The maximum Gasteiger partial charge on any atom is 0.180 e. The summed E-state index contributed by atoms with van der Waals surface area (Å²) in [4.78, 5) is 7.72. The summed E-state index contributed by atoms with van der Waals surface area (Å²) in [5, 5.41) is 4.18. The van der Waals surface area contributed by atoms with E-state index in [0.717, 1.165) is 32.8 Å². The zero-order chi connectivity index (χ0) is 13.0. The fourth-order valence-corrected chi connectivity index (χ4v) is 2.77. The maximum atomic E-state index is 5.62. The molecule has 0 amide bonds. The molecule has 3 N–H and O–H groups in total. The zero-order valence-electron chi connectivity index (χ0n) is 11.1. The highest BCUT2D eigenvalue weighted by Crippen LogP contribution is 2.15. The predicted molar refractivity (Wildman–Crippen MR) is 74.7 cm³/mol. The van der Waals surface area contributed by atoms with E-state index in [4.69, 9.17) is 10.5 Å². The minimum atomic E-state index is 0.437. The van der Waals surface area contributed by atoms with Crippen LogP contribution in [0.25, 0.3) is 0 Å². The molecule has 1 fully saturated rings. The van der Waals surface area contributed by atoms with E-state index < -0.39 is 0 Å². The van der Waals surface area contributed by atoms with Crippen LogP contribution in [-0.2, 0) is 11.3 Å². The van der Waals surface area contributed by atoms with Crippen molar-refractivity contribution in [2.75, 3.05) is 32.0 Å². The number of thiazole rings is 1. The van der Waals surface area contributed by atoms with Crippen molar-refractivity contribution in [1.29, 1.82) is 0 Å². The van der Waals surface area contributed by atoms with Gasteiger partial charge in [-0.1, -0.05) is 0 Å². The molecule has 18 heavy (non-hydrogen) atoms. The molecular weight excluding hydrogens is 248 g/mol. The van der Waals surface area contributed by atoms with Crippen molar-refractivity contribution in [2.24, 2.45) is 0 Å². The number of nitrogens with zero attached hydrogens (tertiary/aromatic N) is 2. The molecule has 2 heterocycles. The first-order valence-electron chi connectivity index (χ1n) is 6.42. The average molecular weight is 270 g/mol. The molecule has 2 rings (SSSR count). The van der Waals surface area contributed by atoms with Crippen molar-refractivity contribution >= 4 is 16.5 Å². The van der Waals surface area contributed by atoms with Gasteiger partial charge in [0.05, 0.1) is 13.2 Å². The smallest absolute Gasteiger partial charge is 0.180 e. The number of anilines is 1. The molecule has 1 aromatic rings. The lowest BCUT2D eigenvalue weighted by atomic mass is 10.1. The monoisotopic (exact) mass is 270 g/mol. The van der Waals surface area contributed by atoms with E-state index in [-0.39, 0.29) is 0 Å². The quantitative estimate of drug-likeness (QED) is 0.833. The van der Waals surface area contributed by atoms with Crippen LogP contribution in [-0.4, -0.2) is 48.3 Å². The van der Waals surface area contributed by atoms with Crippen molar-refractivity contribution in [3.8, 4) is 0 Å². The van der Waals surface area contributed by atoms with Crippen molar-refractivity contribution in [3.05, 3.63) is 11.1 Å². The molecule has 0 saturated carbocycles. The lowest BCUT2D eigenvalue weighted by Crippen LogP contribution is -2.50. The summed E-state index contributed by atoms with van der Waals surface area (Å²) in [6.07, 6.45) is 1.85. The summed E-state index contributed by atoms with van der Waals surface area (Å²) in [6.45, 7) is 9.09. The molecule has 1 saturated heterocycles. The number of aromatic nitrogens is 1. The molecule has 0 spiro atoms. The second-order valence-corrected chi connectivity index (χ2v) is 5.87. The van der Waals surface area contributed by atoms with Crippen LogP contribution >= 0.6 is 11.3 Å². The number of morpholine rings is 1. The van der Waals surface area contributed by atoms with Crippen LogP contribution in [0.5, 0.6) is 0 Å². The van der Waals surface area contributed by atoms with Gasteiger partial charge in [-0.25, -0.2) is 4.98 Å². The molecule has 1 aliphatic heterocycles. The van der Waals surface area contributed by atoms with Crippen LogP contribution in [0.4, 0.5) is 5.13 Å². The van der Waals surface area contributed by atoms with Crippen LogP contribution in [0.1, 0.15) is 18.7 Å². The minimum Gasteiger partial charge on any atom is -0.379 e. The highest BCUT2D eigenvalue weighted by Gasteiger charge is 2.21. The molecule has 2 unspecified atom stereocenters. The average Bonchev–Trinajstić information content (AvgIpc) is 2.82. The van der Waals surface area contributed by atoms with E-state index in [2.05, 4.69) is 29.0 Å². The van der Waals surface area contributed by atoms with Crippen molar-refractivity contribution < 1.29 is 4.74 Å². The Morgan fingerprint density at radius 3 is 2.83 bits per heavy atom. The van der Waals surface area contributed by atoms with Gasteiger partial charge in [-0.2, -0.15) is 0 Å². The predicted octanol–water partition coefficient (Wildman–Crippen LogP) is 0.924. The molecule has 5 nitrogen and oxygen atoms in total. The highest BCUT2D eigenvalue weighted by molar-refractivity contribution is 7.15. The summed E-state index contributed by atoms with van der Waals surface area (Å²) in [5.74, 6) is 0. The first kappa shape index (κ1) is 13.7. The molecule has 102 valence electrons. The first-order chi connectivity index (χ1) is 8.66. The van der Waals surface area contributed by atoms with Crippen molar-refractivity contribution in [3.63, 3.8) is 0 Å². The van der Waals surface area contributed by atoms with Gasteiger partial charge in [0.2, 0.25) is 0 Å². The Labute approximate surface area is 112 Å². The van der Waals surface area contributed by atoms with E-state index in [0.29, 0.717) is 17.2 Å². The van der Waals surface area contributed by atoms with Gasteiger partial charge in [-0.05, 0) is 13.8 Å². The molecule has 6 heteroatoms. The molecule has 0 aromatic carbocycles. The fourth-order valence-electron chi connectivity index (χ4n) is 2.14. The van der Waals surface area contributed by atoms with Crippen LogP contribution in [0, 0.1) is 0 Å². The Bertz CT molecular complexity index is 365. The Morgan fingerprint density at radius 1 is 1.50 bits per heavy atom. The molecule has 1 aromatic heterocycles. The third kappa shape index (κ3) is 3.65. The Morgan fingerprint density at radius 2 is 2.22 bits per heavy atom. The molecular formula is C12H22N4OS. The lowest BCUT2D eigenvalue weighted by Gasteiger charge is -2.35. The van der Waals surface area contributed by atoms with Gasteiger partial charge in [0, 0.05) is 42.8 Å². The molecule has 0 radical (unpaired) electrons. The second kappa shape index (κ2) is 6.47. The van der Waals surface area contributed by atoms with E-state index in [9.17, 15) is 0 Å². The summed E-state index contributed by atoms with van der Waals surface area (Å²) < 4.78 is 5.38. The Hall–Kier alpha value is -0.690. The molecule has 0 bridgehead atoms. The highest BCUT2D eigenvalue weighted by atomic mass is 32.1. The van der Waals surface area contributed by atoms with E-state index in [1.165, 1.54) is 4.88 Å². The molecule has 2 atom stereocenters. The summed E-state index contributed by atoms with van der Waals surface area (Å²) in [6, 6.07) is 0.950. The Balaban J connectivity index is 1.77. The number of rotatable bonds is 5. The molecule has 0 aliphatic carbocycles. The van der Waals surface area contributed by atoms with Crippen LogP contribution in [0.3, 0.4) is 0 Å². The third-order valence-corrected chi connectivity index (χ3v) is 4.34. The van der Waals surface area contributed by atoms with Gasteiger partial charge >= 0.3 is 0 Å². The second-order valence-electron chi connectivity index (χ2n) is 4.72. The number of nitrogens with two attached hydrogens (primary N) is 1. The van der Waals surface area contributed by atoms with Crippen LogP contribution in [0.15, 0.2) is 6.20 Å². The SMILES string of the molecule is CC(NCc1cnc(N)s1)C(C)N1CCOCC1. The van der Waals surface area contributed by atoms with Gasteiger partial charge in [0.25, 0.3) is 0 Å². The summed E-state index contributed by atoms with van der Waals surface area (Å²) in [7, 11) is 0. The lowest BCUT2D eigenvalue weighted by molar-refractivity contribution is 0.0135. The number of nitrogen functional groups attached to an aromatic ring is 1. The van der Waals surface area contributed by atoms with Gasteiger partial charge in [0.1, 0.15) is 0 Å². The van der Waals surface area contributed by atoms with E-state index >= 15 is 0 Å². The van der Waals surface area contributed by atoms with Crippen LogP contribution in [0.2, 0.25) is 0 Å². The van der Waals surface area contributed by atoms with E-state index in [1.54, 1.807) is 11.3 Å². The largest absolute Gasteiger partial charge is 0.379 e. The van der Waals surface area contributed by atoms with Gasteiger partial charge in [0.15, 0.2) is 5.13 Å². The van der Waals surface area contributed by atoms with E-state index in [1.807, 2.05) is 6.20 Å². The fraction of sp³-hybridized carbons (Fsp3) is 0.750. The third-order valence-electron chi connectivity index (χ3n) is 3.51. The summed E-state index contributed by atoms with van der Waals surface area (Å²) >= 11 is 1.55. The standard InChI is InChI=1S/C12H22N4OS/c1-9(10(2)16-3-5-17-6-4-16)14-7-11-8-15-12(13)18-11/h8-10,14H,3-7H2,1-2H3,(H2,13,15).